The monoisotopic (exact) mass is 273 g/mol. The zero-order valence-electron chi connectivity index (χ0n) is 11.1. The van der Waals surface area contributed by atoms with Crippen LogP contribution in [0.25, 0.3) is 0 Å². The van der Waals surface area contributed by atoms with Gasteiger partial charge in [0, 0.05) is 11.6 Å². The van der Waals surface area contributed by atoms with E-state index in [4.69, 9.17) is 14.2 Å². The van der Waals surface area contributed by atoms with E-state index in [2.05, 4.69) is 0 Å². The van der Waals surface area contributed by atoms with Gasteiger partial charge in [0.25, 0.3) is 0 Å². The van der Waals surface area contributed by atoms with E-state index >= 15 is 0 Å². The number of carboxylic acids is 1. The van der Waals surface area contributed by atoms with Gasteiger partial charge in [-0.15, -0.1) is 0 Å². The first-order valence-corrected chi connectivity index (χ1v) is 5.85. The normalized spacial score (nSPS) is 9.90. The highest BCUT2D eigenvalue weighted by molar-refractivity contribution is 5.89. The molecule has 0 spiro atoms. The summed E-state index contributed by atoms with van der Waals surface area (Å²) >= 11 is 0. The van der Waals surface area contributed by atoms with E-state index in [1.165, 1.54) is 19.2 Å². The van der Waals surface area contributed by atoms with Gasteiger partial charge >= 0.3 is 0 Å². The second kappa shape index (κ2) is 5.97. The third-order valence-electron chi connectivity index (χ3n) is 2.68. The van der Waals surface area contributed by atoms with Crippen molar-refractivity contribution in [1.29, 1.82) is 0 Å². The third kappa shape index (κ3) is 3.00. The SMILES string of the molecule is COc1cccc(Oc2ccc(OC)cc2C(=O)[O-])c1. The Morgan fingerprint density at radius 2 is 1.60 bits per heavy atom. The molecule has 0 bridgehead atoms. The minimum absolute atomic E-state index is 0.0767. The zero-order valence-corrected chi connectivity index (χ0v) is 11.1. The largest absolute Gasteiger partial charge is 0.545 e. The number of rotatable bonds is 5. The Labute approximate surface area is 116 Å². The van der Waals surface area contributed by atoms with Crippen LogP contribution in [0, 0.1) is 0 Å². The molecule has 2 rings (SSSR count). The lowest BCUT2D eigenvalue weighted by Gasteiger charge is -2.13. The molecular weight excluding hydrogens is 260 g/mol. The average Bonchev–Trinajstić information content (AvgIpc) is 2.47. The lowest BCUT2D eigenvalue weighted by molar-refractivity contribution is -0.255. The summed E-state index contributed by atoms with van der Waals surface area (Å²) in [5.74, 6) is 0.353. The van der Waals surface area contributed by atoms with Crippen molar-refractivity contribution >= 4 is 5.97 Å². The Morgan fingerprint density at radius 1 is 0.950 bits per heavy atom. The molecule has 0 N–H and O–H groups in total. The number of benzene rings is 2. The molecule has 0 saturated carbocycles. The van der Waals surface area contributed by atoms with Crippen molar-refractivity contribution < 1.29 is 24.1 Å². The van der Waals surface area contributed by atoms with Gasteiger partial charge in [-0.3, -0.25) is 0 Å². The Bertz CT molecular complexity index is 621. The van der Waals surface area contributed by atoms with Crippen molar-refractivity contribution in [3.8, 4) is 23.0 Å². The van der Waals surface area contributed by atoms with Crippen molar-refractivity contribution in [1.82, 2.24) is 0 Å². The van der Waals surface area contributed by atoms with Crippen molar-refractivity contribution in [2.24, 2.45) is 0 Å². The molecular formula is C15H13O5-. The molecule has 5 nitrogen and oxygen atoms in total. The van der Waals surface area contributed by atoms with Crippen LogP contribution >= 0.6 is 0 Å². The number of ether oxygens (including phenoxy) is 3. The summed E-state index contributed by atoms with van der Waals surface area (Å²) in [6.07, 6.45) is 0. The van der Waals surface area contributed by atoms with Gasteiger partial charge in [-0.05, 0) is 30.3 Å². The number of hydrogen-bond acceptors (Lipinski definition) is 5. The maximum absolute atomic E-state index is 11.1. The van der Waals surface area contributed by atoms with E-state index < -0.39 is 5.97 Å². The number of aromatic carboxylic acids is 1. The third-order valence-corrected chi connectivity index (χ3v) is 2.68. The van der Waals surface area contributed by atoms with Gasteiger partial charge in [-0.2, -0.15) is 0 Å². The zero-order chi connectivity index (χ0) is 14.5. The Morgan fingerprint density at radius 3 is 2.25 bits per heavy atom. The standard InChI is InChI=1S/C15H14O5/c1-18-10-4-3-5-12(8-10)20-14-7-6-11(19-2)9-13(14)15(16)17/h3-9H,1-2H3,(H,16,17)/p-1. The van der Waals surface area contributed by atoms with Crippen LogP contribution in [0.15, 0.2) is 42.5 Å². The lowest BCUT2D eigenvalue weighted by Crippen LogP contribution is -2.22. The average molecular weight is 273 g/mol. The summed E-state index contributed by atoms with van der Waals surface area (Å²) in [6.45, 7) is 0. The Hall–Kier alpha value is -2.69. The van der Waals surface area contributed by atoms with Crippen molar-refractivity contribution in [2.45, 2.75) is 0 Å². The fourth-order valence-electron chi connectivity index (χ4n) is 1.68. The molecule has 0 aromatic heterocycles. The Kier molecular flexibility index (Phi) is 4.10. The van der Waals surface area contributed by atoms with Crippen LogP contribution in [-0.4, -0.2) is 20.2 Å². The molecule has 0 unspecified atom stereocenters. The van der Waals surface area contributed by atoms with Gasteiger partial charge in [-0.25, -0.2) is 0 Å². The van der Waals surface area contributed by atoms with Gasteiger partial charge in [0.2, 0.25) is 0 Å². The first kappa shape index (κ1) is 13.7. The highest BCUT2D eigenvalue weighted by Crippen LogP contribution is 2.30. The summed E-state index contributed by atoms with van der Waals surface area (Å²) in [6, 6.07) is 11.3. The second-order valence-corrected chi connectivity index (χ2v) is 3.93. The van der Waals surface area contributed by atoms with Gasteiger partial charge in [0.15, 0.2) is 0 Å². The van der Waals surface area contributed by atoms with Crippen molar-refractivity contribution in [2.75, 3.05) is 14.2 Å². The maximum atomic E-state index is 11.1. The van der Waals surface area contributed by atoms with Gasteiger partial charge in [0.05, 0.1) is 20.2 Å². The van der Waals surface area contributed by atoms with E-state index in [9.17, 15) is 9.90 Å². The minimum atomic E-state index is -1.33. The highest BCUT2D eigenvalue weighted by atomic mass is 16.5. The lowest BCUT2D eigenvalue weighted by atomic mass is 10.2. The number of carbonyl (C=O) groups is 1. The van der Waals surface area contributed by atoms with Gasteiger partial charge < -0.3 is 24.1 Å². The predicted molar refractivity (Wildman–Crippen MR) is 70.4 cm³/mol. The highest BCUT2D eigenvalue weighted by Gasteiger charge is 2.08. The molecule has 0 amide bonds. The van der Waals surface area contributed by atoms with Crippen LogP contribution in [0.5, 0.6) is 23.0 Å². The fourth-order valence-corrected chi connectivity index (χ4v) is 1.68. The predicted octanol–water partition coefficient (Wildman–Crippen LogP) is 1.86. The first-order chi connectivity index (χ1) is 9.63. The molecule has 0 radical (unpaired) electrons. The number of methoxy groups -OCH3 is 2. The quantitative estimate of drug-likeness (QED) is 0.831. The number of carbonyl (C=O) groups excluding carboxylic acids is 1. The number of hydrogen-bond donors (Lipinski definition) is 0. The van der Waals surface area contributed by atoms with Crippen LogP contribution in [0.3, 0.4) is 0 Å². The molecule has 0 aliphatic heterocycles. The van der Waals surface area contributed by atoms with E-state index in [0.717, 1.165) is 0 Å². The molecule has 0 aliphatic rings. The van der Waals surface area contributed by atoms with Crippen LogP contribution in [0.2, 0.25) is 0 Å². The molecule has 20 heavy (non-hydrogen) atoms. The molecule has 0 aliphatic carbocycles. The molecule has 0 saturated heterocycles. The topological polar surface area (TPSA) is 67.8 Å². The second-order valence-electron chi connectivity index (χ2n) is 3.93. The summed E-state index contributed by atoms with van der Waals surface area (Å²) in [7, 11) is 3.00. The maximum Gasteiger partial charge on any atom is 0.136 e. The van der Waals surface area contributed by atoms with Gasteiger partial charge in [-0.1, -0.05) is 6.07 Å². The summed E-state index contributed by atoms with van der Waals surface area (Å²) in [5.41, 5.74) is -0.0767. The van der Waals surface area contributed by atoms with E-state index in [0.29, 0.717) is 17.2 Å². The molecule has 5 heteroatoms. The molecule has 104 valence electrons. The molecule has 0 fully saturated rings. The molecule has 0 heterocycles. The smallest absolute Gasteiger partial charge is 0.136 e. The van der Waals surface area contributed by atoms with Crippen LogP contribution in [0.1, 0.15) is 10.4 Å². The van der Waals surface area contributed by atoms with Crippen molar-refractivity contribution in [3.05, 3.63) is 48.0 Å². The molecule has 0 atom stereocenters. The molecule has 2 aromatic rings. The minimum Gasteiger partial charge on any atom is -0.545 e. The van der Waals surface area contributed by atoms with E-state index in [1.54, 1.807) is 37.4 Å². The van der Waals surface area contributed by atoms with E-state index in [1.807, 2.05) is 0 Å². The Balaban J connectivity index is 2.34. The summed E-state index contributed by atoms with van der Waals surface area (Å²) in [4.78, 5) is 11.1. The van der Waals surface area contributed by atoms with Crippen LogP contribution in [-0.2, 0) is 0 Å². The summed E-state index contributed by atoms with van der Waals surface area (Å²) in [5, 5.41) is 11.1. The van der Waals surface area contributed by atoms with Crippen LogP contribution < -0.4 is 19.3 Å². The first-order valence-electron chi connectivity index (χ1n) is 5.85. The fraction of sp³-hybridized carbons (Fsp3) is 0.133. The van der Waals surface area contributed by atoms with Gasteiger partial charge in [0.1, 0.15) is 23.0 Å². The van der Waals surface area contributed by atoms with E-state index in [-0.39, 0.29) is 11.3 Å². The summed E-state index contributed by atoms with van der Waals surface area (Å²) < 4.78 is 15.6. The molecule has 2 aromatic carbocycles. The van der Waals surface area contributed by atoms with Crippen molar-refractivity contribution in [3.63, 3.8) is 0 Å². The number of carboxylic acid groups (broad SMARTS) is 1. The van der Waals surface area contributed by atoms with Crippen LogP contribution in [0.4, 0.5) is 0 Å².